The van der Waals surface area contributed by atoms with E-state index in [1.165, 1.54) is 4.90 Å². The number of carbonyl (C=O) groups is 1. The maximum atomic E-state index is 12.4. The lowest BCUT2D eigenvalue weighted by molar-refractivity contribution is -0.875. The Morgan fingerprint density at radius 2 is 1.74 bits per heavy atom. The molecule has 0 heterocycles. The van der Waals surface area contributed by atoms with E-state index in [-0.39, 0.29) is 11.9 Å². The fraction of sp³-hybridized carbons (Fsp3) is 0.316. The van der Waals surface area contributed by atoms with Gasteiger partial charge in [-0.3, -0.25) is 4.79 Å². The van der Waals surface area contributed by atoms with E-state index >= 15 is 0 Å². The first-order chi connectivity index (χ1) is 11.1. The molecule has 23 heavy (non-hydrogen) atoms. The molecule has 2 aromatic rings. The molecule has 2 aromatic carbocycles. The first-order valence-corrected chi connectivity index (χ1v) is 8.15. The molecule has 0 bridgehead atoms. The summed E-state index contributed by atoms with van der Waals surface area (Å²) in [7, 11) is 4.24. The maximum Gasteiger partial charge on any atom is 0.282 e. The molecule has 0 aliphatic heterocycles. The van der Waals surface area contributed by atoms with E-state index in [1.54, 1.807) is 0 Å². The molecule has 0 radical (unpaired) electrons. The smallest absolute Gasteiger partial charge is 0.282 e. The molecule has 0 saturated heterocycles. The van der Waals surface area contributed by atoms with Gasteiger partial charge < -0.3 is 15.5 Å². The Labute approximate surface area is 138 Å². The Morgan fingerprint density at radius 3 is 2.43 bits per heavy atom. The number of rotatable bonds is 7. The number of nitrogens with two attached hydrogens (primary N) is 1. The van der Waals surface area contributed by atoms with Crippen LogP contribution < -0.4 is 15.5 Å². The van der Waals surface area contributed by atoms with Crippen molar-refractivity contribution in [2.45, 2.75) is 13.0 Å². The summed E-state index contributed by atoms with van der Waals surface area (Å²) in [5.41, 5.74) is 3.02. The van der Waals surface area contributed by atoms with Crippen LogP contribution in [0.2, 0.25) is 0 Å². The highest BCUT2D eigenvalue weighted by Gasteiger charge is 2.17. The van der Waals surface area contributed by atoms with Crippen molar-refractivity contribution in [2.75, 3.05) is 32.5 Å². The van der Waals surface area contributed by atoms with Crippen molar-refractivity contribution in [1.82, 2.24) is 0 Å². The second-order valence-electron chi connectivity index (χ2n) is 6.17. The largest absolute Gasteiger partial charge is 0.335 e. The van der Waals surface area contributed by atoms with Crippen LogP contribution in [-0.4, -0.2) is 39.1 Å². The van der Waals surface area contributed by atoms with E-state index in [0.29, 0.717) is 0 Å². The minimum atomic E-state index is -0.0989. The lowest BCUT2D eigenvalue weighted by atomic mass is 10.0. The van der Waals surface area contributed by atoms with E-state index in [1.807, 2.05) is 49.4 Å². The molecular formula is C19H27N3O+2. The molecule has 0 saturated carbocycles. The molecule has 4 nitrogen and oxygen atoms in total. The summed E-state index contributed by atoms with van der Waals surface area (Å²) in [5.74, 6) is 0.0436. The van der Waals surface area contributed by atoms with Crippen molar-refractivity contribution in [2.24, 2.45) is 0 Å². The second kappa shape index (κ2) is 8.46. The molecule has 0 aromatic heterocycles. The van der Waals surface area contributed by atoms with Gasteiger partial charge in [0.1, 0.15) is 13.1 Å². The number of hydrogen-bond donors (Lipinski definition) is 3. The highest BCUT2D eigenvalue weighted by atomic mass is 16.2. The Kier molecular flexibility index (Phi) is 6.32. The minimum Gasteiger partial charge on any atom is -0.335 e. The van der Waals surface area contributed by atoms with Crippen molar-refractivity contribution >= 4 is 11.6 Å². The van der Waals surface area contributed by atoms with Gasteiger partial charge in [-0.25, -0.2) is 0 Å². The van der Waals surface area contributed by atoms with Gasteiger partial charge in [-0.2, -0.15) is 0 Å². The van der Waals surface area contributed by atoms with Gasteiger partial charge in [0, 0.05) is 11.3 Å². The molecule has 1 amide bonds. The molecule has 2 rings (SSSR count). The van der Waals surface area contributed by atoms with Gasteiger partial charge >= 0.3 is 0 Å². The van der Waals surface area contributed by atoms with Crippen molar-refractivity contribution < 1.29 is 15.0 Å². The Morgan fingerprint density at radius 1 is 1.09 bits per heavy atom. The van der Waals surface area contributed by atoms with Gasteiger partial charge in [0.25, 0.3) is 5.91 Å². The zero-order valence-electron chi connectivity index (χ0n) is 14.2. The van der Waals surface area contributed by atoms with Crippen LogP contribution in [0.4, 0.5) is 5.69 Å². The second-order valence-corrected chi connectivity index (χ2v) is 6.17. The third kappa shape index (κ3) is 5.20. The molecule has 0 aliphatic carbocycles. The maximum absolute atomic E-state index is 12.4. The molecule has 122 valence electrons. The number of amides is 1. The third-order valence-corrected chi connectivity index (χ3v) is 3.85. The van der Waals surface area contributed by atoms with Gasteiger partial charge in [-0.15, -0.1) is 0 Å². The van der Waals surface area contributed by atoms with Crippen LogP contribution in [0.15, 0.2) is 54.6 Å². The van der Waals surface area contributed by atoms with E-state index < -0.39 is 0 Å². The summed E-state index contributed by atoms with van der Waals surface area (Å²) < 4.78 is 0. The molecule has 0 unspecified atom stereocenters. The van der Waals surface area contributed by atoms with Crippen LogP contribution in [0.3, 0.4) is 0 Å². The Bertz CT molecular complexity index is 626. The molecule has 1 atom stereocenters. The fourth-order valence-corrected chi connectivity index (χ4v) is 2.44. The summed E-state index contributed by atoms with van der Waals surface area (Å²) in [6, 6.07) is 18.0. The van der Waals surface area contributed by atoms with Crippen LogP contribution >= 0.6 is 0 Å². The highest BCUT2D eigenvalue weighted by Crippen LogP contribution is 2.27. The summed E-state index contributed by atoms with van der Waals surface area (Å²) in [5, 5.41) is 5.16. The summed E-state index contributed by atoms with van der Waals surface area (Å²) in [4.78, 5) is 13.8. The number of benzene rings is 2. The molecule has 0 aliphatic rings. The van der Waals surface area contributed by atoms with Crippen molar-refractivity contribution in [3.05, 3.63) is 54.6 Å². The van der Waals surface area contributed by atoms with Crippen LogP contribution in [0.25, 0.3) is 11.1 Å². The van der Waals surface area contributed by atoms with Gasteiger partial charge in [0.15, 0.2) is 6.04 Å². The SMILES string of the molecule is C[C@@H]([NH2+]CC[NH+](C)C)C(=O)Nc1ccccc1-c1ccccc1. The summed E-state index contributed by atoms with van der Waals surface area (Å²) in [6.45, 7) is 3.93. The number of anilines is 1. The molecule has 0 fully saturated rings. The average Bonchev–Trinajstić information content (AvgIpc) is 2.55. The average molecular weight is 313 g/mol. The van der Waals surface area contributed by atoms with Gasteiger partial charge in [0.05, 0.1) is 14.1 Å². The quantitative estimate of drug-likeness (QED) is 0.680. The number of para-hydroxylation sites is 1. The zero-order valence-corrected chi connectivity index (χ0v) is 14.2. The van der Waals surface area contributed by atoms with Gasteiger partial charge in [-0.05, 0) is 18.6 Å². The monoisotopic (exact) mass is 313 g/mol. The summed E-state index contributed by atoms with van der Waals surface area (Å²) in [6.07, 6.45) is 0. The Hall–Kier alpha value is -2.17. The van der Waals surface area contributed by atoms with E-state index in [0.717, 1.165) is 29.9 Å². The van der Waals surface area contributed by atoms with E-state index in [2.05, 4.69) is 36.9 Å². The van der Waals surface area contributed by atoms with E-state index in [4.69, 9.17) is 0 Å². The zero-order chi connectivity index (χ0) is 16.7. The van der Waals surface area contributed by atoms with Crippen LogP contribution in [0, 0.1) is 0 Å². The molecule has 0 spiro atoms. The first kappa shape index (κ1) is 17.2. The Balaban J connectivity index is 2.04. The fourth-order valence-electron chi connectivity index (χ4n) is 2.44. The number of hydrogen-bond acceptors (Lipinski definition) is 1. The number of likely N-dealkylation sites (N-methyl/N-ethyl adjacent to an activating group) is 1. The van der Waals surface area contributed by atoms with E-state index in [9.17, 15) is 4.79 Å². The normalized spacial score (nSPS) is 12.2. The summed E-state index contributed by atoms with van der Waals surface area (Å²) >= 11 is 0. The van der Waals surface area contributed by atoms with Gasteiger partial charge in [0.2, 0.25) is 0 Å². The predicted octanol–water partition coefficient (Wildman–Crippen LogP) is 0.389. The van der Waals surface area contributed by atoms with Crippen LogP contribution in [-0.2, 0) is 4.79 Å². The molecular weight excluding hydrogens is 286 g/mol. The topological polar surface area (TPSA) is 50.2 Å². The third-order valence-electron chi connectivity index (χ3n) is 3.85. The number of nitrogens with one attached hydrogen (secondary N) is 2. The lowest BCUT2D eigenvalue weighted by Crippen LogP contribution is -3.10. The molecule has 4 N–H and O–H groups in total. The standard InChI is InChI=1S/C19H25N3O/c1-15(20-13-14-22(2)3)19(23)21-18-12-8-7-11-17(18)16-9-5-4-6-10-16/h4-12,15,20H,13-14H2,1-3H3,(H,21,23)/p+2/t15-/m1/s1. The lowest BCUT2D eigenvalue weighted by Gasteiger charge is -2.15. The van der Waals surface area contributed by atoms with Crippen molar-refractivity contribution in [3.63, 3.8) is 0 Å². The van der Waals surface area contributed by atoms with Crippen molar-refractivity contribution in [3.8, 4) is 11.1 Å². The number of carbonyl (C=O) groups excluding carboxylic acids is 1. The highest BCUT2D eigenvalue weighted by molar-refractivity contribution is 5.97. The first-order valence-electron chi connectivity index (χ1n) is 8.15. The molecule has 4 heteroatoms. The number of quaternary nitrogens is 2. The minimum absolute atomic E-state index is 0.0436. The van der Waals surface area contributed by atoms with Gasteiger partial charge in [-0.1, -0.05) is 48.5 Å². The van der Waals surface area contributed by atoms with Crippen LogP contribution in [0.5, 0.6) is 0 Å². The van der Waals surface area contributed by atoms with Crippen LogP contribution in [0.1, 0.15) is 6.92 Å². The predicted molar refractivity (Wildman–Crippen MR) is 94.4 cm³/mol. The van der Waals surface area contributed by atoms with Crippen molar-refractivity contribution in [1.29, 1.82) is 0 Å².